The second kappa shape index (κ2) is 8.63. The predicted molar refractivity (Wildman–Crippen MR) is 122 cm³/mol. The molecule has 0 atom stereocenters. The molecule has 0 spiro atoms. The number of anilines is 1. The van der Waals surface area contributed by atoms with Crippen LogP contribution in [0.4, 0.5) is 5.13 Å². The van der Waals surface area contributed by atoms with Gasteiger partial charge >= 0.3 is 0 Å². The highest BCUT2D eigenvalue weighted by Crippen LogP contribution is 2.34. The lowest BCUT2D eigenvalue weighted by Gasteiger charge is -2.30. The maximum absolute atomic E-state index is 13.7. The van der Waals surface area contributed by atoms with Crippen molar-refractivity contribution in [3.05, 3.63) is 82.4 Å². The van der Waals surface area contributed by atoms with Crippen LogP contribution in [0, 0.1) is 5.92 Å². The molecule has 1 aromatic heterocycles. The third-order valence-electron chi connectivity index (χ3n) is 6.26. The second-order valence-corrected chi connectivity index (χ2v) is 9.35. The summed E-state index contributed by atoms with van der Waals surface area (Å²) in [7, 11) is 0. The minimum absolute atomic E-state index is 0.0819. The summed E-state index contributed by atoms with van der Waals surface area (Å²) in [5, 5.41) is 3.65. The van der Waals surface area contributed by atoms with Crippen LogP contribution in [0.2, 0.25) is 0 Å². The average Bonchev–Trinajstić information content (AvgIpc) is 3.15. The first-order chi connectivity index (χ1) is 15.2. The van der Waals surface area contributed by atoms with E-state index < -0.39 is 0 Å². The zero-order valence-corrected chi connectivity index (χ0v) is 18.1. The quantitative estimate of drug-likeness (QED) is 0.642. The van der Waals surface area contributed by atoms with Gasteiger partial charge in [-0.05, 0) is 24.0 Å². The van der Waals surface area contributed by atoms with Crippen LogP contribution < -0.4 is 5.32 Å². The molecule has 158 valence electrons. The molecule has 1 N–H and O–H groups in total. The molecule has 3 aromatic rings. The number of aromatic nitrogens is 1. The third-order valence-corrected chi connectivity index (χ3v) is 7.26. The molecule has 2 amide bonds. The molecule has 0 bridgehead atoms. The normalized spacial score (nSPS) is 16.0. The van der Waals surface area contributed by atoms with Crippen molar-refractivity contribution in [2.75, 3.05) is 11.9 Å². The van der Waals surface area contributed by atoms with E-state index in [9.17, 15) is 9.59 Å². The zero-order chi connectivity index (χ0) is 21.2. The van der Waals surface area contributed by atoms with Gasteiger partial charge in [-0.2, -0.15) is 0 Å². The lowest BCUT2D eigenvalue weighted by atomic mass is 9.85. The first-order valence-electron chi connectivity index (χ1n) is 10.9. The van der Waals surface area contributed by atoms with Gasteiger partial charge in [-0.1, -0.05) is 78.4 Å². The van der Waals surface area contributed by atoms with E-state index in [-0.39, 0.29) is 23.7 Å². The Bertz CT molecular complexity index is 1040. The fourth-order valence-corrected chi connectivity index (χ4v) is 5.29. The number of rotatable bonds is 5. The van der Waals surface area contributed by atoms with Gasteiger partial charge in [-0.15, -0.1) is 0 Å². The Morgan fingerprint density at radius 2 is 1.65 bits per heavy atom. The molecule has 0 unspecified atom stereocenters. The van der Waals surface area contributed by atoms with Crippen molar-refractivity contribution in [2.24, 2.45) is 5.92 Å². The van der Waals surface area contributed by atoms with Gasteiger partial charge in [0.05, 0.1) is 18.2 Å². The number of nitrogens with one attached hydrogen (secondary N) is 1. The molecule has 1 fully saturated rings. The summed E-state index contributed by atoms with van der Waals surface area (Å²) in [6.07, 6.45) is 3.79. The minimum atomic E-state index is -0.324. The van der Waals surface area contributed by atoms with Gasteiger partial charge in [0, 0.05) is 23.8 Å². The number of hydrogen-bond donors (Lipinski definition) is 1. The van der Waals surface area contributed by atoms with Crippen LogP contribution in [-0.2, 0) is 22.6 Å². The highest BCUT2D eigenvalue weighted by Gasteiger charge is 2.32. The number of carbonyl (C=O) groups excluding carboxylic acids is 2. The monoisotopic (exact) mass is 431 g/mol. The molecule has 31 heavy (non-hydrogen) atoms. The predicted octanol–water partition coefficient (Wildman–Crippen LogP) is 4.60. The summed E-state index contributed by atoms with van der Waals surface area (Å²) in [4.78, 5) is 33.6. The summed E-state index contributed by atoms with van der Waals surface area (Å²) in [5.41, 5.74) is 3.01. The first kappa shape index (κ1) is 19.9. The van der Waals surface area contributed by atoms with E-state index in [0.717, 1.165) is 41.0 Å². The molecule has 6 heteroatoms. The number of carbonyl (C=O) groups is 2. The van der Waals surface area contributed by atoms with Crippen molar-refractivity contribution in [1.82, 2.24) is 9.88 Å². The second-order valence-electron chi connectivity index (χ2n) is 8.27. The molecular weight excluding hydrogens is 406 g/mol. The molecule has 1 aliphatic heterocycles. The molecule has 2 aromatic carbocycles. The smallest absolute Gasteiger partial charge is 0.234 e. The van der Waals surface area contributed by atoms with Crippen LogP contribution >= 0.6 is 11.3 Å². The Morgan fingerprint density at radius 3 is 2.23 bits per heavy atom. The van der Waals surface area contributed by atoms with Gasteiger partial charge in [0.2, 0.25) is 11.8 Å². The van der Waals surface area contributed by atoms with Crippen LogP contribution in [0.25, 0.3) is 0 Å². The average molecular weight is 432 g/mol. The fourth-order valence-electron chi connectivity index (χ4n) is 4.27. The van der Waals surface area contributed by atoms with Gasteiger partial charge in [0.25, 0.3) is 0 Å². The lowest BCUT2D eigenvalue weighted by Crippen LogP contribution is -2.39. The Morgan fingerprint density at radius 1 is 1.00 bits per heavy atom. The van der Waals surface area contributed by atoms with E-state index in [1.807, 2.05) is 65.6 Å². The SMILES string of the molecule is O=C(Nc1nc2c(s1)CN(C(=O)C(c1ccccc1)c1ccccc1)CC2)C1CCC1. The standard InChI is InChI=1S/C25H25N3O2S/c29-23(19-12-7-13-19)27-25-26-20-14-15-28(16-21(20)31-25)24(30)22(17-8-3-1-4-9-17)18-10-5-2-6-11-18/h1-6,8-11,19,22H,7,12-16H2,(H,26,27,29). The Labute approximate surface area is 186 Å². The van der Waals surface area contributed by atoms with E-state index in [1.165, 1.54) is 11.3 Å². The topological polar surface area (TPSA) is 62.3 Å². The lowest BCUT2D eigenvalue weighted by molar-refractivity contribution is -0.132. The molecule has 0 saturated heterocycles. The van der Waals surface area contributed by atoms with Gasteiger partial charge in [-0.3, -0.25) is 9.59 Å². The summed E-state index contributed by atoms with van der Waals surface area (Å²) in [5.74, 6) is 0.00108. The van der Waals surface area contributed by atoms with Crippen molar-refractivity contribution in [2.45, 2.75) is 38.1 Å². The maximum atomic E-state index is 13.7. The Kier molecular flexibility index (Phi) is 5.55. The van der Waals surface area contributed by atoms with Crippen LogP contribution in [0.1, 0.15) is 46.9 Å². The largest absolute Gasteiger partial charge is 0.336 e. The third kappa shape index (κ3) is 4.12. The van der Waals surface area contributed by atoms with Crippen LogP contribution in [0.3, 0.4) is 0 Å². The molecule has 5 rings (SSSR count). The van der Waals surface area contributed by atoms with Crippen LogP contribution in [0.5, 0.6) is 0 Å². The number of nitrogens with zero attached hydrogens (tertiary/aromatic N) is 2. The van der Waals surface area contributed by atoms with Crippen molar-refractivity contribution in [1.29, 1.82) is 0 Å². The molecule has 0 radical (unpaired) electrons. The summed E-state index contributed by atoms with van der Waals surface area (Å²) in [6.45, 7) is 1.18. The zero-order valence-electron chi connectivity index (χ0n) is 17.3. The van der Waals surface area contributed by atoms with Gasteiger partial charge in [0.1, 0.15) is 0 Å². The van der Waals surface area contributed by atoms with Gasteiger partial charge < -0.3 is 10.2 Å². The molecule has 5 nitrogen and oxygen atoms in total. The highest BCUT2D eigenvalue weighted by molar-refractivity contribution is 7.15. The number of hydrogen-bond acceptors (Lipinski definition) is 4. The molecule has 1 aliphatic carbocycles. The maximum Gasteiger partial charge on any atom is 0.234 e. The molecular formula is C25H25N3O2S. The van der Waals surface area contributed by atoms with E-state index in [0.29, 0.717) is 24.6 Å². The Balaban J connectivity index is 1.35. The molecule has 2 aliphatic rings. The van der Waals surface area contributed by atoms with E-state index in [2.05, 4.69) is 10.3 Å². The summed E-state index contributed by atoms with van der Waals surface area (Å²) >= 11 is 1.50. The van der Waals surface area contributed by atoms with E-state index in [4.69, 9.17) is 0 Å². The van der Waals surface area contributed by atoms with E-state index in [1.54, 1.807) is 0 Å². The Hall–Kier alpha value is -2.99. The fraction of sp³-hybridized carbons (Fsp3) is 0.320. The highest BCUT2D eigenvalue weighted by atomic mass is 32.1. The van der Waals surface area contributed by atoms with Crippen LogP contribution in [0.15, 0.2) is 60.7 Å². The number of benzene rings is 2. The summed E-state index contributed by atoms with van der Waals surface area (Å²) in [6, 6.07) is 19.9. The van der Waals surface area contributed by atoms with Crippen LogP contribution in [-0.4, -0.2) is 28.2 Å². The number of amides is 2. The molecule has 1 saturated carbocycles. The van der Waals surface area contributed by atoms with E-state index >= 15 is 0 Å². The first-order valence-corrected chi connectivity index (χ1v) is 11.7. The van der Waals surface area contributed by atoms with Crippen molar-refractivity contribution in [3.8, 4) is 0 Å². The summed E-state index contributed by atoms with van der Waals surface area (Å²) < 4.78 is 0. The minimum Gasteiger partial charge on any atom is -0.336 e. The van der Waals surface area contributed by atoms with Crippen molar-refractivity contribution >= 4 is 28.3 Å². The van der Waals surface area contributed by atoms with Gasteiger partial charge in [0.15, 0.2) is 5.13 Å². The van der Waals surface area contributed by atoms with Crippen molar-refractivity contribution in [3.63, 3.8) is 0 Å². The number of thiazole rings is 1. The van der Waals surface area contributed by atoms with Gasteiger partial charge in [-0.25, -0.2) is 4.98 Å². The van der Waals surface area contributed by atoms with Crippen molar-refractivity contribution < 1.29 is 9.59 Å². The molecule has 2 heterocycles. The number of fused-ring (bicyclic) bond motifs is 1.